The minimum Gasteiger partial charge on any atom is -0.461 e. The molecule has 9 nitrogen and oxygen atoms in total. The van der Waals surface area contributed by atoms with E-state index in [1.807, 2.05) is 13.8 Å². The topological polar surface area (TPSA) is 117 Å². The molecule has 0 unspecified atom stereocenters. The Morgan fingerprint density at radius 1 is 1.17 bits per heavy atom. The highest BCUT2D eigenvalue weighted by atomic mass is 32.1. The van der Waals surface area contributed by atoms with Crippen LogP contribution in [0.3, 0.4) is 0 Å². The van der Waals surface area contributed by atoms with Crippen molar-refractivity contribution in [2.45, 2.75) is 105 Å². The largest absolute Gasteiger partial charge is 0.461 e. The molecule has 0 aliphatic heterocycles. The molecule has 0 spiro atoms. The fourth-order valence-electron chi connectivity index (χ4n) is 4.39. The lowest BCUT2D eigenvalue weighted by Crippen LogP contribution is -2.48. The van der Waals surface area contributed by atoms with E-state index in [0.29, 0.717) is 6.42 Å². The van der Waals surface area contributed by atoms with Gasteiger partial charge >= 0.3 is 5.97 Å². The van der Waals surface area contributed by atoms with E-state index in [1.54, 1.807) is 24.3 Å². The van der Waals surface area contributed by atoms with Gasteiger partial charge in [-0.3, -0.25) is 4.79 Å². The number of esters is 1. The highest BCUT2D eigenvalue weighted by Crippen LogP contribution is 2.36. The van der Waals surface area contributed by atoms with Gasteiger partial charge in [-0.05, 0) is 48.8 Å². The summed E-state index contributed by atoms with van der Waals surface area (Å²) in [7, 11) is -0.258. The van der Waals surface area contributed by atoms with Gasteiger partial charge in [-0.2, -0.15) is 0 Å². The molecule has 4 atom stereocenters. The van der Waals surface area contributed by atoms with Gasteiger partial charge < -0.3 is 14.1 Å². The summed E-state index contributed by atoms with van der Waals surface area (Å²) in [5.41, 5.74) is 9.36. The van der Waals surface area contributed by atoms with Crippen molar-refractivity contribution in [3.63, 3.8) is 0 Å². The van der Waals surface area contributed by atoms with Crippen LogP contribution in [-0.4, -0.2) is 55.8 Å². The van der Waals surface area contributed by atoms with E-state index < -0.39 is 20.3 Å². The zero-order chi connectivity index (χ0) is 27.5. The standard InChI is InChI=1S/C25H45N5O4SSi/c1-10-18(8)22(28-29-26)24(31)30(9)20(17(6)7)15-21(34-36(12-3,13-4)14-5)23-27-19(16-35-23)25(32)33-11-2/h16-18,20-22H,10-15H2,1-9H3/t18-,20+,21+,22-/m0/s1. The molecule has 36 heavy (non-hydrogen) atoms. The third kappa shape index (κ3) is 8.29. The number of azide groups is 1. The lowest BCUT2D eigenvalue weighted by atomic mass is 9.93. The molecular formula is C25H45N5O4SSi. The maximum atomic E-state index is 13.5. The zero-order valence-electron chi connectivity index (χ0n) is 23.5. The number of aromatic nitrogens is 1. The molecule has 204 valence electrons. The molecule has 0 aromatic carbocycles. The Morgan fingerprint density at radius 3 is 2.25 bits per heavy atom. The number of nitrogens with zero attached hydrogens (tertiary/aromatic N) is 5. The van der Waals surface area contributed by atoms with Crippen LogP contribution in [0.2, 0.25) is 18.1 Å². The van der Waals surface area contributed by atoms with Crippen molar-refractivity contribution in [3.8, 4) is 0 Å². The van der Waals surface area contributed by atoms with Crippen LogP contribution in [0.1, 0.15) is 89.8 Å². The molecule has 0 aliphatic rings. The van der Waals surface area contributed by atoms with E-state index >= 15 is 0 Å². The van der Waals surface area contributed by atoms with Crippen molar-refractivity contribution < 1.29 is 18.8 Å². The second kappa shape index (κ2) is 15.3. The lowest BCUT2D eigenvalue weighted by molar-refractivity contribution is -0.136. The highest BCUT2D eigenvalue weighted by Gasteiger charge is 2.38. The lowest BCUT2D eigenvalue weighted by Gasteiger charge is -2.38. The number of amides is 1. The first-order valence-corrected chi connectivity index (χ1v) is 16.6. The van der Waals surface area contributed by atoms with Crippen LogP contribution >= 0.6 is 11.3 Å². The molecule has 0 saturated carbocycles. The summed E-state index contributed by atoms with van der Waals surface area (Å²) in [6.45, 7) is 16.6. The summed E-state index contributed by atoms with van der Waals surface area (Å²) in [5.74, 6) is -0.570. The van der Waals surface area contributed by atoms with Gasteiger partial charge in [0.2, 0.25) is 5.91 Å². The third-order valence-corrected chi connectivity index (χ3v) is 12.9. The first-order valence-electron chi connectivity index (χ1n) is 13.2. The summed E-state index contributed by atoms with van der Waals surface area (Å²) >= 11 is 1.40. The molecule has 1 aromatic heterocycles. The molecule has 1 rings (SSSR count). The first-order chi connectivity index (χ1) is 17.0. The second-order valence-electron chi connectivity index (χ2n) is 9.67. The molecule has 0 bridgehead atoms. The van der Waals surface area contributed by atoms with Crippen molar-refractivity contribution in [2.75, 3.05) is 13.7 Å². The number of hydrogen-bond acceptors (Lipinski definition) is 7. The molecule has 1 amide bonds. The van der Waals surface area contributed by atoms with Crippen molar-refractivity contribution in [2.24, 2.45) is 17.0 Å². The number of carbonyl (C=O) groups excluding carboxylic acids is 2. The van der Waals surface area contributed by atoms with Gasteiger partial charge in [0, 0.05) is 23.4 Å². The number of likely N-dealkylation sites (N-methyl/N-ethyl adjacent to an activating group) is 1. The zero-order valence-corrected chi connectivity index (χ0v) is 25.3. The summed E-state index contributed by atoms with van der Waals surface area (Å²) in [5, 5.41) is 6.28. The first kappa shape index (κ1) is 32.1. The van der Waals surface area contributed by atoms with Crippen LogP contribution < -0.4 is 0 Å². The molecule has 0 aliphatic carbocycles. The monoisotopic (exact) mass is 539 g/mol. The van der Waals surface area contributed by atoms with E-state index in [0.717, 1.165) is 29.6 Å². The fourth-order valence-corrected chi connectivity index (χ4v) is 8.12. The van der Waals surface area contributed by atoms with E-state index in [9.17, 15) is 9.59 Å². The smallest absolute Gasteiger partial charge is 0.357 e. The van der Waals surface area contributed by atoms with Gasteiger partial charge in [0.05, 0.1) is 12.7 Å². The predicted octanol–water partition coefficient (Wildman–Crippen LogP) is 6.98. The Kier molecular flexibility index (Phi) is 13.7. The average molecular weight is 540 g/mol. The maximum Gasteiger partial charge on any atom is 0.357 e. The molecule has 1 heterocycles. The molecule has 0 saturated heterocycles. The van der Waals surface area contributed by atoms with E-state index in [-0.39, 0.29) is 42.2 Å². The van der Waals surface area contributed by atoms with E-state index in [2.05, 4.69) is 49.6 Å². The van der Waals surface area contributed by atoms with Crippen LogP contribution in [-0.2, 0) is 14.0 Å². The van der Waals surface area contributed by atoms with E-state index in [4.69, 9.17) is 14.7 Å². The third-order valence-electron chi connectivity index (χ3n) is 7.29. The maximum absolute atomic E-state index is 13.5. The minimum atomic E-state index is -2.04. The molecule has 0 N–H and O–H groups in total. The Bertz CT molecular complexity index is 877. The van der Waals surface area contributed by atoms with Gasteiger partial charge in [0.1, 0.15) is 11.0 Å². The number of hydrogen-bond donors (Lipinski definition) is 0. The predicted molar refractivity (Wildman–Crippen MR) is 147 cm³/mol. The van der Waals surface area contributed by atoms with Gasteiger partial charge in [-0.1, -0.05) is 60.0 Å². The summed E-state index contributed by atoms with van der Waals surface area (Å²) in [6, 6.07) is 1.99. The van der Waals surface area contributed by atoms with Crippen LogP contribution in [0.15, 0.2) is 10.5 Å². The van der Waals surface area contributed by atoms with Gasteiger partial charge in [-0.15, -0.1) is 11.3 Å². The summed E-state index contributed by atoms with van der Waals surface area (Å²) < 4.78 is 12.1. The Hall–Kier alpha value is -1.94. The molecule has 1 aromatic rings. The normalized spacial score (nSPS) is 15.1. The van der Waals surface area contributed by atoms with Crippen molar-refractivity contribution in [1.29, 1.82) is 0 Å². The average Bonchev–Trinajstić information content (AvgIpc) is 3.37. The number of ether oxygens (including phenoxy) is 1. The van der Waals surface area contributed by atoms with Crippen LogP contribution in [0.4, 0.5) is 0 Å². The molecular weight excluding hydrogens is 494 g/mol. The number of carbonyl (C=O) groups is 2. The van der Waals surface area contributed by atoms with Gasteiger partial charge in [0.25, 0.3) is 0 Å². The van der Waals surface area contributed by atoms with E-state index in [1.165, 1.54) is 11.3 Å². The Labute approximate surface area is 221 Å². The molecule has 0 radical (unpaired) electrons. The molecule has 11 heteroatoms. The van der Waals surface area contributed by atoms with Crippen LogP contribution in [0.5, 0.6) is 0 Å². The van der Waals surface area contributed by atoms with Crippen molar-refractivity contribution >= 4 is 31.5 Å². The molecule has 0 fully saturated rings. The number of thiazole rings is 1. The van der Waals surface area contributed by atoms with Crippen molar-refractivity contribution in [3.05, 3.63) is 26.5 Å². The fraction of sp³-hybridized carbons (Fsp3) is 0.800. The Morgan fingerprint density at radius 2 is 1.78 bits per heavy atom. The quantitative estimate of drug-likeness (QED) is 0.0738. The number of rotatable bonds is 16. The van der Waals surface area contributed by atoms with Crippen molar-refractivity contribution in [1.82, 2.24) is 9.88 Å². The van der Waals surface area contributed by atoms with Crippen LogP contribution in [0.25, 0.3) is 10.4 Å². The van der Waals surface area contributed by atoms with Gasteiger partial charge in [-0.25, -0.2) is 9.78 Å². The minimum absolute atomic E-state index is 0.0675. The second-order valence-corrected chi connectivity index (χ2v) is 15.3. The van der Waals surface area contributed by atoms with Gasteiger partial charge in [0.15, 0.2) is 14.0 Å². The SMILES string of the molecule is CCOC(=O)c1csc([C@@H](C[C@H](C(C)C)N(C)C(=O)[C@@H](N=[N+]=[N-])[C@@H](C)CC)O[Si](CC)(CC)CC)n1. The summed E-state index contributed by atoms with van der Waals surface area (Å²) in [6.07, 6.45) is 0.914. The van der Waals surface area contributed by atoms with Crippen LogP contribution in [0, 0.1) is 11.8 Å². The summed E-state index contributed by atoms with van der Waals surface area (Å²) in [4.78, 5) is 35.0. The highest BCUT2D eigenvalue weighted by molar-refractivity contribution is 7.09. The Balaban J connectivity index is 3.42.